The van der Waals surface area contributed by atoms with Gasteiger partial charge in [0.05, 0.1) is 0 Å². The average Bonchev–Trinajstić information content (AvgIpc) is 2.99. The van der Waals surface area contributed by atoms with Gasteiger partial charge < -0.3 is 14.4 Å². The first-order valence-corrected chi connectivity index (χ1v) is 7.54. The van der Waals surface area contributed by atoms with E-state index in [9.17, 15) is 4.79 Å². The van der Waals surface area contributed by atoms with Crippen molar-refractivity contribution in [2.75, 3.05) is 24.7 Å². The third-order valence-corrected chi connectivity index (χ3v) is 3.59. The first kappa shape index (κ1) is 14.4. The molecule has 1 amide bonds. The Hall–Kier alpha value is -2.49. The minimum Gasteiger partial charge on any atom is -0.490 e. The highest BCUT2D eigenvalue weighted by Crippen LogP contribution is 2.23. The summed E-state index contributed by atoms with van der Waals surface area (Å²) in [5.74, 6) is 1.82. The number of carbonyl (C=O) groups excluding carboxylic acids is 1. The van der Waals surface area contributed by atoms with E-state index < -0.39 is 0 Å². The van der Waals surface area contributed by atoms with Gasteiger partial charge in [-0.3, -0.25) is 4.79 Å². The normalized spacial score (nSPS) is 14.2. The van der Waals surface area contributed by atoms with Crippen LogP contribution in [-0.4, -0.2) is 25.7 Å². The Morgan fingerprint density at radius 1 is 0.864 bits per heavy atom. The smallest absolute Gasteiger partial charge is 0.227 e. The Labute approximate surface area is 130 Å². The summed E-state index contributed by atoms with van der Waals surface area (Å²) in [6.45, 7) is 1.79. The summed E-state index contributed by atoms with van der Waals surface area (Å²) in [6.07, 6.45) is 1.59. The molecule has 0 atom stereocenters. The third kappa shape index (κ3) is 3.58. The molecule has 0 saturated carbocycles. The van der Waals surface area contributed by atoms with Gasteiger partial charge in [-0.1, -0.05) is 18.2 Å². The van der Waals surface area contributed by atoms with E-state index in [0.29, 0.717) is 19.6 Å². The van der Waals surface area contributed by atoms with Gasteiger partial charge >= 0.3 is 0 Å². The Balaban J connectivity index is 1.46. The third-order valence-electron chi connectivity index (χ3n) is 3.59. The zero-order valence-corrected chi connectivity index (χ0v) is 12.4. The van der Waals surface area contributed by atoms with Crippen LogP contribution in [0.4, 0.5) is 5.69 Å². The molecule has 1 aliphatic rings. The van der Waals surface area contributed by atoms with Crippen molar-refractivity contribution in [3.8, 4) is 11.5 Å². The van der Waals surface area contributed by atoms with E-state index in [2.05, 4.69) is 0 Å². The van der Waals surface area contributed by atoms with Gasteiger partial charge in [-0.25, -0.2) is 0 Å². The lowest BCUT2D eigenvalue weighted by atomic mass is 10.3. The number of rotatable bonds is 6. The zero-order valence-electron chi connectivity index (χ0n) is 12.4. The highest BCUT2D eigenvalue weighted by molar-refractivity contribution is 5.95. The van der Waals surface area contributed by atoms with Gasteiger partial charge in [0.15, 0.2) is 0 Å². The summed E-state index contributed by atoms with van der Waals surface area (Å²) < 4.78 is 11.2. The fourth-order valence-electron chi connectivity index (χ4n) is 2.48. The second-order valence-corrected chi connectivity index (χ2v) is 5.15. The van der Waals surface area contributed by atoms with Gasteiger partial charge in [-0.05, 0) is 42.8 Å². The minimum absolute atomic E-state index is 0.199. The standard InChI is InChI=1S/C18H19NO3/c20-18-7-4-12-19(18)15-8-10-17(11-9-15)22-14-13-21-16-5-2-1-3-6-16/h1-3,5-6,8-11H,4,7,12-14H2. The number of anilines is 1. The Morgan fingerprint density at radius 3 is 2.09 bits per heavy atom. The number of carbonyl (C=O) groups is 1. The molecule has 0 unspecified atom stereocenters. The monoisotopic (exact) mass is 297 g/mol. The second-order valence-electron chi connectivity index (χ2n) is 5.15. The molecular formula is C18H19NO3. The maximum absolute atomic E-state index is 11.7. The summed E-state index contributed by atoms with van der Waals surface area (Å²) in [5, 5.41) is 0. The fourth-order valence-corrected chi connectivity index (χ4v) is 2.48. The molecule has 0 aliphatic carbocycles. The van der Waals surface area contributed by atoms with E-state index in [1.165, 1.54) is 0 Å². The van der Waals surface area contributed by atoms with Crippen molar-refractivity contribution in [1.29, 1.82) is 0 Å². The van der Waals surface area contributed by atoms with Crippen LogP contribution in [0.2, 0.25) is 0 Å². The van der Waals surface area contributed by atoms with Crippen molar-refractivity contribution < 1.29 is 14.3 Å². The molecule has 4 nitrogen and oxygen atoms in total. The number of para-hydroxylation sites is 1. The maximum Gasteiger partial charge on any atom is 0.227 e. The molecule has 1 aliphatic heterocycles. The predicted octanol–water partition coefficient (Wildman–Crippen LogP) is 3.27. The van der Waals surface area contributed by atoms with E-state index in [0.717, 1.165) is 30.2 Å². The lowest BCUT2D eigenvalue weighted by Gasteiger charge is -2.16. The molecule has 1 fully saturated rings. The van der Waals surface area contributed by atoms with Crippen molar-refractivity contribution >= 4 is 11.6 Å². The van der Waals surface area contributed by atoms with Gasteiger partial charge in [0.1, 0.15) is 24.7 Å². The maximum atomic E-state index is 11.7. The lowest BCUT2D eigenvalue weighted by Crippen LogP contribution is -2.23. The van der Waals surface area contributed by atoms with E-state index >= 15 is 0 Å². The number of benzene rings is 2. The first-order chi connectivity index (χ1) is 10.8. The van der Waals surface area contributed by atoms with Crippen LogP contribution in [0.1, 0.15) is 12.8 Å². The summed E-state index contributed by atoms with van der Waals surface area (Å²) >= 11 is 0. The SMILES string of the molecule is O=C1CCCN1c1ccc(OCCOc2ccccc2)cc1. The van der Waals surface area contributed by atoms with Crippen LogP contribution in [0.5, 0.6) is 11.5 Å². The van der Waals surface area contributed by atoms with Gasteiger partial charge in [-0.15, -0.1) is 0 Å². The fraction of sp³-hybridized carbons (Fsp3) is 0.278. The predicted molar refractivity (Wildman–Crippen MR) is 85.5 cm³/mol. The molecule has 0 N–H and O–H groups in total. The van der Waals surface area contributed by atoms with E-state index in [1.54, 1.807) is 0 Å². The summed E-state index contributed by atoms with van der Waals surface area (Å²) in [7, 11) is 0. The van der Waals surface area contributed by atoms with Crippen molar-refractivity contribution in [2.24, 2.45) is 0 Å². The highest BCUT2D eigenvalue weighted by Gasteiger charge is 2.21. The molecular weight excluding hydrogens is 278 g/mol. The number of nitrogens with zero attached hydrogens (tertiary/aromatic N) is 1. The molecule has 0 radical (unpaired) electrons. The van der Waals surface area contributed by atoms with Crippen molar-refractivity contribution in [3.05, 3.63) is 54.6 Å². The molecule has 1 heterocycles. The first-order valence-electron chi connectivity index (χ1n) is 7.54. The van der Waals surface area contributed by atoms with Gasteiger partial charge in [-0.2, -0.15) is 0 Å². The average molecular weight is 297 g/mol. The minimum atomic E-state index is 0.199. The summed E-state index contributed by atoms with van der Waals surface area (Å²) in [5.41, 5.74) is 0.940. The Bertz CT molecular complexity index is 610. The van der Waals surface area contributed by atoms with Crippen LogP contribution < -0.4 is 14.4 Å². The molecule has 0 bridgehead atoms. The van der Waals surface area contributed by atoms with E-state index in [-0.39, 0.29) is 5.91 Å². The van der Waals surface area contributed by atoms with Gasteiger partial charge in [0, 0.05) is 18.7 Å². The quantitative estimate of drug-likeness (QED) is 0.768. The number of amides is 1. The van der Waals surface area contributed by atoms with E-state index in [4.69, 9.17) is 9.47 Å². The molecule has 22 heavy (non-hydrogen) atoms. The Morgan fingerprint density at radius 2 is 1.50 bits per heavy atom. The number of hydrogen-bond acceptors (Lipinski definition) is 3. The highest BCUT2D eigenvalue weighted by atomic mass is 16.5. The van der Waals surface area contributed by atoms with Gasteiger partial charge in [0.25, 0.3) is 0 Å². The zero-order chi connectivity index (χ0) is 15.2. The lowest BCUT2D eigenvalue weighted by molar-refractivity contribution is -0.117. The van der Waals surface area contributed by atoms with Crippen LogP contribution in [0.25, 0.3) is 0 Å². The molecule has 2 aromatic carbocycles. The number of ether oxygens (including phenoxy) is 2. The largest absolute Gasteiger partial charge is 0.490 e. The Kier molecular flexibility index (Phi) is 4.59. The van der Waals surface area contributed by atoms with E-state index in [1.807, 2.05) is 59.5 Å². The molecule has 1 saturated heterocycles. The second kappa shape index (κ2) is 6.98. The van der Waals surface area contributed by atoms with Crippen LogP contribution in [0.3, 0.4) is 0 Å². The molecule has 3 rings (SSSR count). The van der Waals surface area contributed by atoms with Crippen LogP contribution in [0, 0.1) is 0 Å². The van der Waals surface area contributed by atoms with Crippen molar-refractivity contribution in [3.63, 3.8) is 0 Å². The van der Waals surface area contributed by atoms with Crippen LogP contribution in [0.15, 0.2) is 54.6 Å². The van der Waals surface area contributed by atoms with Crippen LogP contribution >= 0.6 is 0 Å². The topological polar surface area (TPSA) is 38.8 Å². The molecule has 0 spiro atoms. The molecule has 2 aromatic rings. The van der Waals surface area contributed by atoms with Gasteiger partial charge in [0.2, 0.25) is 5.91 Å². The van der Waals surface area contributed by atoms with Crippen LogP contribution in [-0.2, 0) is 4.79 Å². The van der Waals surface area contributed by atoms with Crippen molar-refractivity contribution in [1.82, 2.24) is 0 Å². The molecule has 114 valence electrons. The number of hydrogen-bond donors (Lipinski definition) is 0. The summed E-state index contributed by atoms with van der Waals surface area (Å²) in [6, 6.07) is 17.3. The van der Waals surface area contributed by atoms with Crippen molar-refractivity contribution in [2.45, 2.75) is 12.8 Å². The summed E-state index contributed by atoms with van der Waals surface area (Å²) in [4.78, 5) is 13.5. The molecule has 0 aromatic heterocycles. The molecule has 4 heteroatoms.